The lowest BCUT2D eigenvalue weighted by molar-refractivity contribution is 0.0946. The second kappa shape index (κ2) is 6.35. The molecule has 3 rings (SSSR count). The van der Waals surface area contributed by atoms with Crippen molar-refractivity contribution in [3.05, 3.63) is 54.0 Å². The lowest BCUT2D eigenvalue weighted by Gasteiger charge is -2.16. The van der Waals surface area contributed by atoms with E-state index in [1.807, 2.05) is 30.3 Å². The molecule has 1 aromatic heterocycles. The van der Waals surface area contributed by atoms with Crippen LogP contribution < -0.4 is 10.2 Å². The van der Waals surface area contributed by atoms with E-state index in [-0.39, 0.29) is 5.91 Å². The van der Waals surface area contributed by atoms with Gasteiger partial charge >= 0.3 is 0 Å². The highest BCUT2D eigenvalue weighted by atomic mass is 16.1. The number of benzene rings is 1. The number of carbonyl (C=O) groups is 1. The second-order valence-corrected chi connectivity index (χ2v) is 5.12. The second-order valence-electron chi connectivity index (χ2n) is 5.12. The minimum Gasteiger partial charge on any atom is -0.357 e. The van der Waals surface area contributed by atoms with Crippen LogP contribution >= 0.6 is 0 Å². The van der Waals surface area contributed by atoms with Gasteiger partial charge in [-0.3, -0.25) is 4.79 Å². The van der Waals surface area contributed by atoms with Crippen molar-refractivity contribution in [3.63, 3.8) is 0 Å². The Morgan fingerprint density at radius 3 is 2.67 bits per heavy atom. The zero-order chi connectivity index (χ0) is 14.5. The maximum absolute atomic E-state index is 12.2. The number of nitrogens with one attached hydrogen (secondary N) is 1. The molecule has 0 radical (unpaired) electrons. The predicted molar refractivity (Wildman–Crippen MR) is 81.1 cm³/mol. The van der Waals surface area contributed by atoms with Gasteiger partial charge in [0.2, 0.25) is 0 Å². The molecule has 5 nitrogen and oxygen atoms in total. The van der Waals surface area contributed by atoms with Crippen LogP contribution in [0.4, 0.5) is 5.82 Å². The van der Waals surface area contributed by atoms with Crippen molar-refractivity contribution >= 4 is 11.7 Å². The fraction of sp³-hybridized carbons (Fsp3) is 0.312. The molecule has 0 aliphatic carbocycles. The first-order chi connectivity index (χ1) is 10.3. The van der Waals surface area contributed by atoms with Crippen LogP contribution in [-0.2, 0) is 6.54 Å². The summed E-state index contributed by atoms with van der Waals surface area (Å²) in [5.74, 6) is 0.675. The third-order valence-electron chi connectivity index (χ3n) is 3.61. The van der Waals surface area contributed by atoms with Crippen molar-refractivity contribution in [3.8, 4) is 0 Å². The summed E-state index contributed by atoms with van der Waals surface area (Å²) in [6, 6.07) is 11.6. The lowest BCUT2D eigenvalue weighted by Crippen LogP contribution is -2.25. The minimum atomic E-state index is -0.165. The molecule has 21 heavy (non-hydrogen) atoms. The van der Waals surface area contributed by atoms with Crippen molar-refractivity contribution in [1.82, 2.24) is 15.3 Å². The van der Waals surface area contributed by atoms with E-state index < -0.39 is 0 Å². The van der Waals surface area contributed by atoms with E-state index in [9.17, 15) is 4.79 Å². The van der Waals surface area contributed by atoms with Gasteiger partial charge < -0.3 is 10.2 Å². The van der Waals surface area contributed by atoms with Gasteiger partial charge in [-0.15, -0.1) is 0 Å². The van der Waals surface area contributed by atoms with E-state index in [1.54, 1.807) is 6.07 Å². The predicted octanol–water partition coefficient (Wildman–Crippen LogP) is 2.01. The molecule has 1 aromatic carbocycles. The zero-order valence-corrected chi connectivity index (χ0v) is 11.8. The van der Waals surface area contributed by atoms with Crippen molar-refractivity contribution in [2.24, 2.45) is 0 Å². The monoisotopic (exact) mass is 282 g/mol. The summed E-state index contributed by atoms with van der Waals surface area (Å²) in [6.45, 7) is 2.51. The number of hydrogen-bond donors (Lipinski definition) is 1. The molecule has 108 valence electrons. The van der Waals surface area contributed by atoms with Crippen LogP contribution in [0.15, 0.2) is 42.7 Å². The first kappa shape index (κ1) is 13.5. The van der Waals surface area contributed by atoms with E-state index in [0.29, 0.717) is 12.2 Å². The molecule has 1 aliphatic heterocycles. The van der Waals surface area contributed by atoms with Crippen LogP contribution in [0, 0.1) is 0 Å². The summed E-state index contributed by atoms with van der Waals surface area (Å²) in [5, 5.41) is 2.89. The summed E-state index contributed by atoms with van der Waals surface area (Å²) in [5.41, 5.74) is 1.49. The van der Waals surface area contributed by atoms with Gasteiger partial charge in [0.25, 0.3) is 5.91 Å². The van der Waals surface area contributed by atoms with Gasteiger partial charge in [-0.25, -0.2) is 9.97 Å². The van der Waals surface area contributed by atoms with E-state index in [4.69, 9.17) is 0 Å². The molecule has 1 fully saturated rings. The number of anilines is 1. The van der Waals surface area contributed by atoms with Crippen molar-refractivity contribution in [1.29, 1.82) is 0 Å². The Hall–Kier alpha value is -2.43. The maximum Gasteiger partial charge on any atom is 0.270 e. The standard InChI is InChI=1S/C16H18N4O/c21-16(17-11-13-6-2-1-3-7-13)14-10-15(19-12-18-14)20-8-4-5-9-20/h1-3,6-7,10,12H,4-5,8-9,11H2,(H,17,21). The minimum absolute atomic E-state index is 0.165. The molecule has 1 saturated heterocycles. The molecule has 1 aliphatic rings. The Kier molecular flexibility index (Phi) is 4.09. The molecule has 0 saturated carbocycles. The van der Waals surface area contributed by atoms with E-state index in [1.165, 1.54) is 19.2 Å². The highest BCUT2D eigenvalue weighted by Gasteiger charge is 2.16. The average Bonchev–Trinajstić information content (AvgIpc) is 3.08. The van der Waals surface area contributed by atoms with Crippen LogP contribution in [0.3, 0.4) is 0 Å². The maximum atomic E-state index is 12.2. The van der Waals surface area contributed by atoms with E-state index >= 15 is 0 Å². The van der Waals surface area contributed by atoms with Crippen molar-refractivity contribution in [2.75, 3.05) is 18.0 Å². The van der Waals surface area contributed by atoms with Crippen LogP contribution in [0.25, 0.3) is 0 Å². The van der Waals surface area contributed by atoms with Gasteiger partial charge in [0.05, 0.1) is 0 Å². The van der Waals surface area contributed by atoms with Gasteiger partial charge in [-0.2, -0.15) is 0 Å². The van der Waals surface area contributed by atoms with Crippen molar-refractivity contribution < 1.29 is 4.79 Å². The molecule has 1 N–H and O–H groups in total. The van der Waals surface area contributed by atoms with Crippen LogP contribution in [-0.4, -0.2) is 29.0 Å². The lowest BCUT2D eigenvalue weighted by atomic mass is 10.2. The molecule has 1 amide bonds. The van der Waals surface area contributed by atoms with Gasteiger partial charge in [0.15, 0.2) is 0 Å². The first-order valence-corrected chi connectivity index (χ1v) is 7.22. The number of aromatic nitrogens is 2. The first-order valence-electron chi connectivity index (χ1n) is 7.22. The number of amides is 1. The number of nitrogens with zero attached hydrogens (tertiary/aromatic N) is 3. The summed E-state index contributed by atoms with van der Waals surface area (Å²) in [6.07, 6.45) is 3.82. The Morgan fingerprint density at radius 2 is 1.90 bits per heavy atom. The van der Waals surface area contributed by atoms with Crippen LogP contribution in [0.1, 0.15) is 28.9 Å². The molecule has 0 spiro atoms. The smallest absolute Gasteiger partial charge is 0.270 e. The fourth-order valence-corrected chi connectivity index (χ4v) is 2.46. The molecule has 0 unspecified atom stereocenters. The number of carbonyl (C=O) groups excluding carboxylic acids is 1. The normalized spacial score (nSPS) is 14.2. The third kappa shape index (κ3) is 3.37. The van der Waals surface area contributed by atoms with Gasteiger partial charge in [-0.05, 0) is 18.4 Å². The Bertz CT molecular complexity index is 609. The van der Waals surface area contributed by atoms with E-state index in [0.717, 1.165) is 24.5 Å². The zero-order valence-electron chi connectivity index (χ0n) is 11.8. The fourth-order valence-electron chi connectivity index (χ4n) is 2.46. The summed E-state index contributed by atoms with van der Waals surface area (Å²) < 4.78 is 0. The third-order valence-corrected chi connectivity index (χ3v) is 3.61. The molecular weight excluding hydrogens is 264 g/mol. The molecule has 2 heterocycles. The Morgan fingerprint density at radius 1 is 1.14 bits per heavy atom. The Labute approximate surface area is 124 Å². The molecule has 2 aromatic rings. The highest BCUT2D eigenvalue weighted by Crippen LogP contribution is 2.17. The quantitative estimate of drug-likeness (QED) is 0.932. The van der Waals surface area contributed by atoms with Gasteiger partial charge in [0, 0.05) is 25.7 Å². The largest absolute Gasteiger partial charge is 0.357 e. The molecule has 0 atom stereocenters. The highest BCUT2D eigenvalue weighted by molar-refractivity contribution is 5.92. The Balaban J connectivity index is 1.65. The summed E-state index contributed by atoms with van der Waals surface area (Å²) >= 11 is 0. The average molecular weight is 282 g/mol. The summed E-state index contributed by atoms with van der Waals surface area (Å²) in [4.78, 5) is 22.7. The van der Waals surface area contributed by atoms with Gasteiger partial charge in [0.1, 0.15) is 17.8 Å². The van der Waals surface area contributed by atoms with Gasteiger partial charge in [-0.1, -0.05) is 30.3 Å². The molecular formula is C16H18N4O. The number of rotatable bonds is 4. The topological polar surface area (TPSA) is 58.1 Å². The molecule has 5 heteroatoms. The van der Waals surface area contributed by atoms with Crippen LogP contribution in [0.2, 0.25) is 0 Å². The van der Waals surface area contributed by atoms with E-state index in [2.05, 4.69) is 20.2 Å². The van der Waals surface area contributed by atoms with Crippen molar-refractivity contribution in [2.45, 2.75) is 19.4 Å². The summed E-state index contributed by atoms with van der Waals surface area (Å²) in [7, 11) is 0. The molecule has 0 bridgehead atoms. The SMILES string of the molecule is O=C(NCc1ccccc1)c1cc(N2CCCC2)ncn1. The number of hydrogen-bond acceptors (Lipinski definition) is 4. The van der Waals surface area contributed by atoms with Crippen LogP contribution in [0.5, 0.6) is 0 Å².